The van der Waals surface area contributed by atoms with Gasteiger partial charge in [0.2, 0.25) is 0 Å². The molecule has 3 heteroatoms. The number of fused-ring (bicyclic) bond motifs is 1. The van der Waals surface area contributed by atoms with E-state index in [-0.39, 0.29) is 0 Å². The molecule has 0 amide bonds. The van der Waals surface area contributed by atoms with Gasteiger partial charge in [0, 0.05) is 17.5 Å². The van der Waals surface area contributed by atoms with Gasteiger partial charge in [0.05, 0.1) is 11.2 Å². The third-order valence-electron chi connectivity index (χ3n) is 3.82. The van der Waals surface area contributed by atoms with Gasteiger partial charge in [0.15, 0.2) is 0 Å². The minimum atomic E-state index is 0.549. The van der Waals surface area contributed by atoms with Crippen molar-refractivity contribution in [1.29, 1.82) is 0 Å². The summed E-state index contributed by atoms with van der Waals surface area (Å²) in [6.07, 6.45) is 2.20. The Morgan fingerprint density at radius 1 is 1.00 bits per heavy atom. The van der Waals surface area contributed by atoms with E-state index in [0.717, 1.165) is 41.5 Å². The Morgan fingerprint density at radius 3 is 2.43 bits per heavy atom. The van der Waals surface area contributed by atoms with Gasteiger partial charge in [-0.3, -0.25) is 0 Å². The van der Waals surface area contributed by atoms with E-state index >= 15 is 0 Å². The molecular weight excluding hydrogens is 260 g/mol. The van der Waals surface area contributed by atoms with Crippen molar-refractivity contribution in [2.24, 2.45) is 5.18 Å². The number of hydrogen-bond donors (Lipinski definition) is 0. The number of rotatable bonds is 5. The Morgan fingerprint density at radius 2 is 1.71 bits per heavy atom. The van der Waals surface area contributed by atoms with Crippen LogP contribution in [0.25, 0.3) is 22.2 Å². The van der Waals surface area contributed by atoms with Crippen LogP contribution in [-0.4, -0.2) is 4.57 Å². The van der Waals surface area contributed by atoms with Crippen LogP contribution in [0.5, 0.6) is 0 Å². The Hall–Kier alpha value is -2.42. The number of aryl methyl sites for hydroxylation is 1. The maximum absolute atomic E-state index is 11.4. The van der Waals surface area contributed by atoms with Crippen molar-refractivity contribution in [3.63, 3.8) is 0 Å². The summed E-state index contributed by atoms with van der Waals surface area (Å²) < 4.78 is 2.23. The molecule has 3 aromatic rings. The van der Waals surface area contributed by atoms with Crippen LogP contribution in [0, 0.1) is 4.91 Å². The van der Waals surface area contributed by atoms with Crippen molar-refractivity contribution >= 4 is 16.6 Å². The van der Waals surface area contributed by atoms with Crippen LogP contribution in [-0.2, 0) is 6.54 Å². The second kappa shape index (κ2) is 5.92. The number of para-hydroxylation sites is 1. The molecule has 21 heavy (non-hydrogen) atoms. The zero-order valence-corrected chi connectivity index (χ0v) is 12.1. The first-order chi connectivity index (χ1) is 10.4. The first-order valence-electron chi connectivity index (χ1n) is 7.36. The van der Waals surface area contributed by atoms with Gasteiger partial charge in [-0.2, -0.15) is 0 Å². The fraction of sp³-hybridized carbons (Fsp3) is 0.222. The van der Waals surface area contributed by atoms with Gasteiger partial charge in [-0.1, -0.05) is 61.9 Å². The van der Waals surface area contributed by atoms with Crippen molar-refractivity contribution in [3.8, 4) is 11.3 Å². The first-order valence-corrected chi connectivity index (χ1v) is 7.36. The second-order valence-corrected chi connectivity index (χ2v) is 5.18. The number of aromatic nitrogens is 1. The number of nitrogens with zero attached hydrogens (tertiary/aromatic N) is 2. The molecule has 0 unspecified atom stereocenters. The van der Waals surface area contributed by atoms with Gasteiger partial charge in [-0.05, 0) is 17.7 Å². The zero-order valence-electron chi connectivity index (χ0n) is 12.1. The Bertz CT molecular complexity index is 759. The monoisotopic (exact) mass is 278 g/mol. The van der Waals surface area contributed by atoms with Crippen molar-refractivity contribution < 1.29 is 0 Å². The molecular formula is C18H18N2O. The largest absolute Gasteiger partial charge is 0.339 e. The number of benzene rings is 2. The van der Waals surface area contributed by atoms with E-state index in [9.17, 15) is 4.91 Å². The van der Waals surface area contributed by atoms with Crippen LogP contribution >= 0.6 is 0 Å². The number of unbranched alkanes of at least 4 members (excludes halogenated alkanes) is 1. The smallest absolute Gasteiger partial charge is 0.141 e. The van der Waals surface area contributed by atoms with Crippen LogP contribution in [0.4, 0.5) is 5.69 Å². The van der Waals surface area contributed by atoms with Crippen molar-refractivity contribution in [2.75, 3.05) is 0 Å². The van der Waals surface area contributed by atoms with Crippen LogP contribution < -0.4 is 0 Å². The minimum Gasteiger partial charge on any atom is -0.339 e. The molecule has 0 atom stereocenters. The lowest BCUT2D eigenvalue weighted by Gasteiger charge is -2.10. The topological polar surface area (TPSA) is 34.4 Å². The summed E-state index contributed by atoms with van der Waals surface area (Å²) in [6.45, 7) is 3.07. The average Bonchev–Trinajstić information content (AvgIpc) is 2.87. The highest BCUT2D eigenvalue weighted by molar-refractivity contribution is 6.00. The maximum atomic E-state index is 11.4. The summed E-state index contributed by atoms with van der Waals surface area (Å²) in [6, 6.07) is 18.0. The molecule has 3 nitrogen and oxygen atoms in total. The van der Waals surface area contributed by atoms with Gasteiger partial charge in [0.25, 0.3) is 0 Å². The predicted molar refractivity (Wildman–Crippen MR) is 87.7 cm³/mol. The molecule has 0 aliphatic heterocycles. The molecule has 0 N–H and O–H groups in total. The van der Waals surface area contributed by atoms with Gasteiger partial charge in [0.1, 0.15) is 5.69 Å². The predicted octanol–water partition coefficient (Wildman–Crippen LogP) is 5.51. The molecule has 2 aromatic carbocycles. The molecule has 0 spiro atoms. The third kappa shape index (κ3) is 2.35. The summed E-state index contributed by atoms with van der Waals surface area (Å²) in [5.41, 5.74) is 3.60. The summed E-state index contributed by atoms with van der Waals surface area (Å²) in [5, 5.41) is 4.27. The lowest BCUT2D eigenvalue weighted by Crippen LogP contribution is -1.99. The first kappa shape index (κ1) is 13.6. The second-order valence-electron chi connectivity index (χ2n) is 5.18. The lowest BCUT2D eigenvalue weighted by molar-refractivity contribution is 0.655. The van der Waals surface area contributed by atoms with E-state index in [0.29, 0.717) is 5.69 Å². The molecule has 1 heterocycles. The lowest BCUT2D eigenvalue weighted by atomic mass is 10.1. The fourth-order valence-electron chi connectivity index (χ4n) is 2.81. The Balaban J connectivity index is 2.31. The summed E-state index contributed by atoms with van der Waals surface area (Å²) in [7, 11) is 0. The quantitative estimate of drug-likeness (QED) is 0.567. The SMILES string of the molecule is CCCCn1c(-c2ccccc2)c(N=O)c2ccccc21. The highest BCUT2D eigenvalue weighted by Gasteiger charge is 2.18. The molecule has 3 rings (SSSR count). The van der Waals surface area contributed by atoms with E-state index in [4.69, 9.17) is 0 Å². The van der Waals surface area contributed by atoms with E-state index in [1.54, 1.807) is 0 Å². The van der Waals surface area contributed by atoms with Crippen LogP contribution in [0.3, 0.4) is 0 Å². The van der Waals surface area contributed by atoms with Crippen LogP contribution in [0.1, 0.15) is 19.8 Å². The normalized spacial score (nSPS) is 10.9. The van der Waals surface area contributed by atoms with E-state index in [1.165, 1.54) is 0 Å². The van der Waals surface area contributed by atoms with Gasteiger partial charge in [-0.25, -0.2) is 0 Å². The third-order valence-corrected chi connectivity index (χ3v) is 3.82. The van der Waals surface area contributed by atoms with E-state index in [1.807, 2.05) is 48.5 Å². The minimum absolute atomic E-state index is 0.549. The fourth-order valence-corrected chi connectivity index (χ4v) is 2.81. The highest BCUT2D eigenvalue weighted by atomic mass is 16.3. The van der Waals surface area contributed by atoms with Crippen molar-refractivity contribution in [3.05, 3.63) is 59.5 Å². The van der Waals surface area contributed by atoms with Crippen LogP contribution in [0.2, 0.25) is 0 Å². The Labute approximate surface area is 124 Å². The molecule has 1 aromatic heterocycles. The van der Waals surface area contributed by atoms with Gasteiger partial charge in [-0.15, -0.1) is 4.91 Å². The van der Waals surface area contributed by atoms with Crippen molar-refractivity contribution in [2.45, 2.75) is 26.3 Å². The molecule has 0 saturated carbocycles. The molecule has 0 saturated heterocycles. The highest BCUT2D eigenvalue weighted by Crippen LogP contribution is 2.40. The summed E-state index contributed by atoms with van der Waals surface area (Å²) in [5.74, 6) is 0. The molecule has 0 radical (unpaired) electrons. The molecule has 0 bridgehead atoms. The summed E-state index contributed by atoms with van der Waals surface area (Å²) >= 11 is 0. The molecule has 0 aliphatic rings. The average molecular weight is 278 g/mol. The number of hydrogen-bond acceptors (Lipinski definition) is 2. The van der Waals surface area contributed by atoms with Crippen LogP contribution in [0.15, 0.2) is 59.8 Å². The summed E-state index contributed by atoms with van der Waals surface area (Å²) in [4.78, 5) is 11.4. The standard InChI is InChI=1S/C18H18N2O/c1-2-3-13-20-16-12-8-7-11-15(16)17(19-21)18(20)14-9-5-4-6-10-14/h4-12H,2-3,13H2,1H3. The Kier molecular flexibility index (Phi) is 3.82. The molecule has 0 fully saturated rings. The van der Waals surface area contributed by atoms with Gasteiger partial charge >= 0.3 is 0 Å². The van der Waals surface area contributed by atoms with E-state index < -0.39 is 0 Å². The van der Waals surface area contributed by atoms with Crippen molar-refractivity contribution in [1.82, 2.24) is 4.57 Å². The van der Waals surface area contributed by atoms with E-state index in [2.05, 4.69) is 22.7 Å². The van der Waals surface area contributed by atoms with Gasteiger partial charge < -0.3 is 4.57 Å². The maximum Gasteiger partial charge on any atom is 0.141 e. The molecule has 106 valence electrons. The zero-order chi connectivity index (χ0) is 14.7. The molecule has 0 aliphatic carbocycles. The number of nitroso groups, excluding NO2 is 1.